The molecule has 1 aliphatic rings. The first-order chi connectivity index (χ1) is 17.9. The number of nitrogens with one attached hydrogen (secondary N) is 2. The standard InChI is InChI=1S/C27H27N7O3/c1-16-13-20(17(2)30-23-6-4-3-5-19(23)27(36)37)25-31-24(21(14-28)26(35)34(25)15-16)33-11-8-18(9-12-33)22-7-10-29-32-22/h3-7,10,13,15,17-18,30H,8-9,11-12H2,1-2H3,(H,29,32)(H,36,37)/t17-/m1/s1. The van der Waals surface area contributed by atoms with Crippen LogP contribution in [-0.4, -0.2) is 43.7 Å². The number of carboxylic acids is 1. The topological polar surface area (TPSA) is 139 Å². The van der Waals surface area contributed by atoms with E-state index >= 15 is 0 Å². The third kappa shape index (κ3) is 4.51. The number of anilines is 2. The van der Waals surface area contributed by atoms with Crippen LogP contribution < -0.4 is 15.8 Å². The van der Waals surface area contributed by atoms with E-state index in [2.05, 4.69) is 21.6 Å². The van der Waals surface area contributed by atoms with Gasteiger partial charge in [-0.2, -0.15) is 10.4 Å². The summed E-state index contributed by atoms with van der Waals surface area (Å²) in [5, 5.41) is 29.9. The molecule has 10 heteroatoms. The number of carbonyl (C=O) groups is 1. The van der Waals surface area contributed by atoms with Gasteiger partial charge in [-0.05, 0) is 56.5 Å². The smallest absolute Gasteiger partial charge is 0.337 e. The Bertz CT molecular complexity index is 1560. The molecule has 1 aromatic carbocycles. The summed E-state index contributed by atoms with van der Waals surface area (Å²) >= 11 is 0. The molecule has 0 radical (unpaired) electrons. The van der Waals surface area contributed by atoms with E-state index in [0.29, 0.717) is 36.2 Å². The van der Waals surface area contributed by atoms with E-state index in [0.717, 1.165) is 29.7 Å². The van der Waals surface area contributed by atoms with Crippen molar-refractivity contribution in [1.29, 1.82) is 5.26 Å². The third-order valence-electron chi connectivity index (χ3n) is 6.91. The molecule has 1 atom stereocenters. The first kappa shape index (κ1) is 24.1. The Morgan fingerprint density at radius 2 is 2.03 bits per heavy atom. The predicted octanol–water partition coefficient (Wildman–Crippen LogP) is 3.85. The SMILES string of the molecule is Cc1cc([C@@H](C)Nc2ccccc2C(=O)O)c2nc(N3CCC(c4cc[nH]n4)CC3)c(C#N)c(=O)n2c1. The van der Waals surface area contributed by atoms with Crippen LogP contribution >= 0.6 is 0 Å². The monoisotopic (exact) mass is 497 g/mol. The lowest BCUT2D eigenvalue weighted by atomic mass is 9.93. The fourth-order valence-electron chi connectivity index (χ4n) is 5.03. The molecule has 1 saturated heterocycles. The number of para-hydroxylation sites is 1. The summed E-state index contributed by atoms with van der Waals surface area (Å²) in [6.07, 6.45) is 5.16. The maximum atomic E-state index is 13.5. The van der Waals surface area contributed by atoms with Crippen LogP contribution in [0, 0.1) is 18.3 Å². The minimum absolute atomic E-state index is 0.0177. The molecule has 1 aliphatic heterocycles. The second kappa shape index (κ2) is 9.78. The normalized spacial score (nSPS) is 14.9. The van der Waals surface area contributed by atoms with E-state index in [1.165, 1.54) is 4.40 Å². The number of nitriles is 1. The van der Waals surface area contributed by atoms with Gasteiger partial charge in [0.2, 0.25) is 0 Å². The Morgan fingerprint density at radius 1 is 1.27 bits per heavy atom. The molecule has 188 valence electrons. The van der Waals surface area contributed by atoms with Crippen molar-refractivity contribution < 1.29 is 9.90 Å². The molecule has 4 heterocycles. The molecule has 0 aliphatic carbocycles. The zero-order valence-corrected chi connectivity index (χ0v) is 20.6. The number of nitrogens with zero attached hydrogens (tertiary/aromatic N) is 5. The molecule has 0 unspecified atom stereocenters. The largest absolute Gasteiger partial charge is 0.478 e. The maximum absolute atomic E-state index is 13.5. The average Bonchev–Trinajstić information content (AvgIpc) is 3.44. The van der Waals surface area contributed by atoms with Gasteiger partial charge in [-0.3, -0.25) is 14.3 Å². The van der Waals surface area contributed by atoms with Gasteiger partial charge < -0.3 is 15.3 Å². The number of carboxylic acid groups (broad SMARTS) is 1. The molecule has 37 heavy (non-hydrogen) atoms. The van der Waals surface area contributed by atoms with Crippen molar-refractivity contribution in [3.63, 3.8) is 0 Å². The van der Waals surface area contributed by atoms with Gasteiger partial charge in [-0.25, -0.2) is 9.78 Å². The van der Waals surface area contributed by atoms with Crippen LogP contribution in [0.2, 0.25) is 0 Å². The Kier molecular flexibility index (Phi) is 6.36. The lowest BCUT2D eigenvalue weighted by Crippen LogP contribution is -2.36. The highest BCUT2D eigenvalue weighted by Gasteiger charge is 2.27. The molecular formula is C27H27N7O3. The van der Waals surface area contributed by atoms with Crippen molar-refractivity contribution in [3.8, 4) is 6.07 Å². The number of aryl methyl sites for hydroxylation is 1. The summed E-state index contributed by atoms with van der Waals surface area (Å²) in [6, 6.07) is 12.3. The lowest BCUT2D eigenvalue weighted by molar-refractivity contribution is 0.0698. The molecule has 5 rings (SSSR count). The van der Waals surface area contributed by atoms with Gasteiger partial charge in [0.1, 0.15) is 11.7 Å². The van der Waals surface area contributed by atoms with E-state index < -0.39 is 11.5 Å². The third-order valence-corrected chi connectivity index (χ3v) is 6.91. The number of hydrogen-bond acceptors (Lipinski definition) is 7. The molecular weight excluding hydrogens is 470 g/mol. The van der Waals surface area contributed by atoms with E-state index in [9.17, 15) is 20.0 Å². The van der Waals surface area contributed by atoms with E-state index in [1.807, 2.05) is 37.1 Å². The first-order valence-electron chi connectivity index (χ1n) is 12.2. The summed E-state index contributed by atoms with van der Waals surface area (Å²) in [6.45, 7) is 5.06. The number of fused-ring (bicyclic) bond motifs is 1. The highest BCUT2D eigenvalue weighted by Crippen LogP contribution is 2.31. The fourth-order valence-corrected chi connectivity index (χ4v) is 5.03. The van der Waals surface area contributed by atoms with Gasteiger partial charge >= 0.3 is 5.97 Å². The number of H-pyrrole nitrogens is 1. The van der Waals surface area contributed by atoms with Gasteiger partial charge in [-0.15, -0.1) is 0 Å². The van der Waals surface area contributed by atoms with Crippen molar-refractivity contribution >= 4 is 23.1 Å². The highest BCUT2D eigenvalue weighted by molar-refractivity contribution is 5.94. The Labute approximate surface area is 213 Å². The average molecular weight is 498 g/mol. The van der Waals surface area contributed by atoms with E-state index in [-0.39, 0.29) is 17.2 Å². The van der Waals surface area contributed by atoms with Crippen molar-refractivity contribution in [2.75, 3.05) is 23.3 Å². The van der Waals surface area contributed by atoms with Gasteiger partial charge in [0.25, 0.3) is 5.56 Å². The molecule has 3 N–H and O–H groups in total. The lowest BCUT2D eigenvalue weighted by Gasteiger charge is -2.32. The number of aromatic amines is 1. The Hall–Kier alpha value is -4.65. The molecule has 0 bridgehead atoms. The minimum atomic E-state index is -1.03. The quantitative estimate of drug-likeness (QED) is 0.365. The molecule has 4 aromatic rings. The number of aromatic carboxylic acids is 1. The summed E-state index contributed by atoms with van der Waals surface area (Å²) < 4.78 is 1.42. The molecule has 10 nitrogen and oxygen atoms in total. The first-order valence-corrected chi connectivity index (χ1v) is 12.2. The summed E-state index contributed by atoms with van der Waals surface area (Å²) in [5.41, 5.74) is 3.24. The number of pyridine rings is 1. The highest BCUT2D eigenvalue weighted by atomic mass is 16.4. The van der Waals surface area contributed by atoms with Crippen molar-refractivity contribution in [2.24, 2.45) is 0 Å². The van der Waals surface area contributed by atoms with E-state index in [1.54, 1.807) is 30.5 Å². The molecule has 1 fully saturated rings. The van der Waals surface area contributed by atoms with Crippen LogP contribution in [0.15, 0.2) is 53.6 Å². The van der Waals surface area contributed by atoms with Crippen molar-refractivity contribution in [2.45, 2.75) is 38.6 Å². The Morgan fingerprint density at radius 3 is 2.70 bits per heavy atom. The van der Waals surface area contributed by atoms with Crippen LogP contribution in [0.25, 0.3) is 5.65 Å². The Balaban J connectivity index is 1.55. The number of hydrogen-bond donors (Lipinski definition) is 3. The maximum Gasteiger partial charge on any atom is 0.337 e. The van der Waals surface area contributed by atoms with Crippen molar-refractivity contribution in [3.05, 3.63) is 87.1 Å². The van der Waals surface area contributed by atoms with Gasteiger partial charge in [0, 0.05) is 42.7 Å². The van der Waals surface area contributed by atoms with Crippen LogP contribution in [-0.2, 0) is 0 Å². The number of benzene rings is 1. The predicted molar refractivity (Wildman–Crippen MR) is 139 cm³/mol. The second-order valence-corrected chi connectivity index (χ2v) is 9.37. The molecule has 0 spiro atoms. The molecule has 0 amide bonds. The van der Waals surface area contributed by atoms with Gasteiger partial charge in [-0.1, -0.05) is 12.1 Å². The fraction of sp³-hybridized carbons (Fsp3) is 0.296. The number of aromatic nitrogens is 4. The van der Waals surface area contributed by atoms with Crippen LogP contribution in [0.1, 0.15) is 64.5 Å². The zero-order chi connectivity index (χ0) is 26.1. The summed E-state index contributed by atoms with van der Waals surface area (Å²) in [5.74, 6) is -0.333. The van der Waals surface area contributed by atoms with Crippen LogP contribution in [0.3, 0.4) is 0 Å². The van der Waals surface area contributed by atoms with Gasteiger partial charge in [0.05, 0.1) is 17.3 Å². The van der Waals surface area contributed by atoms with Crippen molar-refractivity contribution in [1.82, 2.24) is 19.6 Å². The van der Waals surface area contributed by atoms with Gasteiger partial charge in [0.15, 0.2) is 11.4 Å². The number of piperidine rings is 1. The van der Waals surface area contributed by atoms with E-state index in [4.69, 9.17) is 4.98 Å². The van der Waals surface area contributed by atoms with Crippen LogP contribution in [0.5, 0.6) is 0 Å². The number of rotatable bonds is 6. The zero-order valence-electron chi connectivity index (χ0n) is 20.6. The minimum Gasteiger partial charge on any atom is -0.478 e. The molecule has 3 aromatic heterocycles. The summed E-state index contributed by atoms with van der Waals surface area (Å²) in [7, 11) is 0. The summed E-state index contributed by atoms with van der Waals surface area (Å²) in [4.78, 5) is 32.0. The van der Waals surface area contributed by atoms with Crippen LogP contribution in [0.4, 0.5) is 11.5 Å². The second-order valence-electron chi connectivity index (χ2n) is 9.37. The molecule has 0 saturated carbocycles.